The number of anilines is 1. The Morgan fingerprint density at radius 1 is 1.25 bits per heavy atom. The van der Waals surface area contributed by atoms with Gasteiger partial charge in [-0.15, -0.1) is 10.2 Å². The molecule has 0 aliphatic carbocycles. The Morgan fingerprint density at radius 2 is 2.06 bits per heavy atom. The van der Waals surface area contributed by atoms with Crippen LogP contribution in [0, 0.1) is 6.92 Å². The highest BCUT2D eigenvalue weighted by Crippen LogP contribution is 2.25. The van der Waals surface area contributed by atoms with Gasteiger partial charge < -0.3 is 5.73 Å². The van der Waals surface area contributed by atoms with E-state index in [-0.39, 0.29) is 0 Å². The molecule has 0 aliphatic rings. The van der Waals surface area contributed by atoms with Crippen LogP contribution in [-0.2, 0) is 0 Å². The van der Waals surface area contributed by atoms with Crippen molar-refractivity contribution in [3.63, 3.8) is 0 Å². The number of aromatic nitrogens is 4. The molecule has 0 saturated carbocycles. The number of benzene rings is 1. The zero-order valence-corrected chi connectivity index (χ0v) is 9.40. The monoisotopic (exact) mass is 231 g/mol. The van der Waals surface area contributed by atoms with E-state index in [0.29, 0.717) is 11.5 Å². The van der Waals surface area contributed by atoms with E-state index in [4.69, 9.17) is 5.73 Å². The molecular formula is C10H9N5S. The molecule has 0 unspecified atom stereocenters. The normalized spacial score (nSPS) is 11.1. The summed E-state index contributed by atoms with van der Waals surface area (Å²) in [4.78, 5) is 0.788. The molecule has 2 aromatic heterocycles. The van der Waals surface area contributed by atoms with Crippen LogP contribution in [0.4, 0.5) is 5.69 Å². The lowest BCUT2D eigenvalue weighted by atomic mass is 10.2. The Labute approximate surface area is 95.5 Å². The molecule has 16 heavy (non-hydrogen) atoms. The fourth-order valence-corrected chi connectivity index (χ4v) is 2.26. The molecule has 5 nitrogen and oxygen atoms in total. The van der Waals surface area contributed by atoms with Crippen molar-refractivity contribution < 1.29 is 0 Å². The molecule has 0 aliphatic heterocycles. The lowest BCUT2D eigenvalue weighted by molar-refractivity contribution is 0.941. The van der Waals surface area contributed by atoms with Gasteiger partial charge in [0.15, 0.2) is 5.82 Å². The largest absolute Gasteiger partial charge is 0.398 e. The summed E-state index contributed by atoms with van der Waals surface area (Å²) in [6.45, 7) is 1.94. The second-order valence-corrected chi connectivity index (χ2v) is 4.59. The molecule has 2 heterocycles. The number of nitrogen functional groups attached to an aromatic ring is 1. The van der Waals surface area contributed by atoms with Crippen molar-refractivity contribution in [2.45, 2.75) is 6.92 Å². The van der Waals surface area contributed by atoms with E-state index in [2.05, 4.69) is 15.3 Å². The molecule has 0 bridgehead atoms. The predicted octanol–water partition coefficient (Wildman–Crippen LogP) is 1.74. The maximum atomic E-state index is 5.90. The Bertz CT molecular complexity index is 654. The van der Waals surface area contributed by atoms with Gasteiger partial charge in [-0.05, 0) is 19.1 Å². The first-order valence-electron chi connectivity index (χ1n) is 4.79. The van der Waals surface area contributed by atoms with E-state index in [0.717, 1.165) is 15.5 Å². The van der Waals surface area contributed by atoms with Crippen molar-refractivity contribution in [3.8, 4) is 11.4 Å². The number of para-hydroxylation sites is 1. The minimum atomic E-state index is 0.683. The summed E-state index contributed by atoms with van der Waals surface area (Å²) in [6.07, 6.45) is 0. The SMILES string of the molecule is Cc1nn2c(-c3ccccc3N)nnc2s1. The first-order valence-corrected chi connectivity index (χ1v) is 5.61. The Hall–Kier alpha value is -1.95. The minimum Gasteiger partial charge on any atom is -0.398 e. The zero-order chi connectivity index (χ0) is 11.1. The Kier molecular flexibility index (Phi) is 1.90. The highest BCUT2D eigenvalue weighted by Gasteiger charge is 2.13. The number of hydrogen-bond donors (Lipinski definition) is 1. The van der Waals surface area contributed by atoms with E-state index in [1.165, 1.54) is 11.3 Å². The van der Waals surface area contributed by atoms with Crippen LogP contribution in [-0.4, -0.2) is 19.8 Å². The van der Waals surface area contributed by atoms with Crippen molar-refractivity contribution in [3.05, 3.63) is 29.3 Å². The molecule has 0 amide bonds. The molecule has 0 fully saturated rings. The van der Waals surface area contributed by atoms with Crippen LogP contribution in [0.25, 0.3) is 16.3 Å². The second kappa shape index (κ2) is 3.28. The van der Waals surface area contributed by atoms with Crippen molar-refractivity contribution in [1.82, 2.24) is 19.8 Å². The number of nitrogens with zero attached hydrogens (tertiary/aromatic N) is 4. The Morgan fingerprint density at radius 3 is 2.88 bits per heavy atom. The van der Waals surface area contributed by atoms with Gasteiger partial charge in [-0.2, -0.15) is 9.61 Å². The molecule has 0 saturated heterocycles. The van der Waals surface area contributed by atoms with Crippen molar-refractivity contribution in [2.75, 3.05) is 5.73 Å². The van der Waals surface area contributed by atoms with Crippen molar-refractivity contribution in [1.29, 1.82) is 0 Å². The van der Waals surface area contributed by atoms with Gasteiger partial charge in [-0.1, -0.05) is 23.5 Å². The van der Waals surface area contributed by atoms with Crippen LogP contribution in [0.5, 0.6) is 0 Å². The number of fused-ring (bicyclic) bond motifs is 1. The third-order valence-electron chi connectivity index (χ3n) is 2.29. The average Bonchev–Trinajstić information content (AvgIpc) is 2.78. The van der Waals surface area contributed by atoms with Crippen LogP contribution in [0.3, 0.4) is 0 Å². The van der Waals surface area contributed by atoms with Crippen molar-refractivity contribution >= 4 is 22.0 Å². The van der Waals surface area contributed by atoms with Gasteiger partial charge in [0.2, 0.25) is 4.96 Å². The molecule has 3 aromatic rings. The molecule has 80 valence electrons. The Balaban J connectivity index is 2.30. The fraction of sp³-hybridized carbons (Fsp3) is 0.100. The van der Waals surface area contributed by atoms with Gasteiger partial charge in [-0.25, -0.2) is 0 Å². The van der Waals surface area contributed by atoms with E-state index in [9.17, 15) is 0 Å². The van der Waals surface area contributed by atoms with Crippen LogP contribution in [0.2, 0.25) is 0 Å². The summed E-state index contributed by atoms with van der Waals surface area (Å²) in [5, 5.41) is 13.5. The van der Waals surface area contributed by atoms with E-state index >= 15 is 0 Å². The first-order chi connectivity index (χ1) is 7.75. The zero-order valence-electron chi connectivity index (χ0n) is 8.58. The van der Waals surface area contributed by atoms with Crippen molar-refractivity contribution in [2.24, 2.45) is 0 Å². The summed E-state index contributed by atoms with van der Waals surface area (Å²) in [7, 11) is 0. The topological polar surface area (TPSA) is 69.1 Å². The van der Waals surface area contributed by atoms with E-state index in [1.54, 1.807) is 4.52 Å². The summed E-state index contributed by atoms with van der Waals surface area (Å²) in [5.74, 6) is 0.692. The molecular weight excluding hydrogens is 222 g/mol. The number of hydrogen-bond acceptors (Lipinski definition) is 5. The molecule has 0 radical (unpaired) electrons. The average molecular weight is 231 g/mol. The molecule has 6 heteroatoms. The maximum Gasteiger partial charge on any atom is 0.234 e. The fourth-order valence-electron chi connectivity index (χ4n) is 1.58. The van der Waals surface area contributed by atoms with Gasteiger partial charge in [0.05, 0.1) is 0 Å². The smallest absolute Gasteiger partial charge is 0.234 e. The molecule has 1 aromatic carbocycles. The maximum absolute atomic E-state index is 5.90. The van der Waals surface area contributed by atoms with Crippen LogP contribution in [0.15, 0.2) is 24.3 Å². The molecule has 0 atom stereocenters. The summed E-state index contributed by atoms with van der Waals surface area (Å²) >= 11 is 1.51. The summed E-state index contributed by atoms with van der Waals surface area (Å²) < 4.78 is 1.73. The third kappa shape index (κ3) is 1.27. The highest BCUT2D eigenvalue weighted by molar-refractivity contribution is 7.16. The highest BCUT2D eigenvalue weighted by atomic mass is 32.1. The lowest BCUT2D eigenvalue weighted by Crippen LogP contribution is -1.95. The number of nitrogens with two attached hydrogens (primary N) is 1. The number of aryl methyl sites for hydroxylation is 1. The molecule has 2 N–H and O–H groups in total. The van der Waals surface area contributed by atoms with Crippen LogP contribution in [0.1, 0.15) is 5.01 Å². The van der Waals surface area contributed by atoms with Gasteiger partial charge >= 0.3 is 0 Å². The molecule has 0 spiro atoms. The van der Waals surface area contributed by atoms with Crippen LogP contribution >= 0.6 is 11.3 Å². The van der Waals surface area contributed by atoms with Gasteiger partial charge in [-0.3, -0.25) is 0 Å². The summed E-state index contributed by atoms with van der Waals surface area (Å²) in [6, 6.07) is 7.57. The van der Waals surface area contributed by atoms with E-state index in [1.807, 2.05) is 31.2 Å². The van der Waals surface area contributed by atoms with Gasteiger partial charge in [0.25, 0.3) is 0 Å². The third-order valence-corrected chi connectivity index (χ3v) is 3.11. The quantitative estimate of drug-likeness (QED) is 0.648. The van der Waals surface area contributed by atoms with Gasteiger partial charge in [0, 0.05) is 11.3 Å². The summed E-state index contributed by atoms with van der Waals surface area (Å²) in [5.41, 5.74) is 7.45. The number of rotatable bonds is 1. The minimum absolute atomic E-state index is 0.683. The standard InChI is InChI=1S/C10H9N5S/c1-6-14-15-9(12-13-10(15)16-6)7-4-2-3-5-8(7)11/h2-5H,11H2,1H3. The second-order valence-electron chi connectivity index (χ2n) is 3.43. The lowest BCUT2D eigenvalue weighted by Gasteiger charge is -2.00. The molecule has 3 rings (SSSR count). The predicted molar refractivity (Wildman–Crippen MR) is 63.2 cm³/mol. The van der Waals surface area contributed by atoms with E-state index < -0.39 is 0 Å². The van der Waals surface area contributed by atoms with Crippen LogP contribution < -0.4 is 5.73 Å². The first kappa shape index (κ1) is 9.29. The van der Waals surface area contributed by atoms with Gasteiger partial charge in [0.1, 0.15) is 5.01 Å².